The third-order valence-electron chi connectivity index (χ3n) is 3.09. The van der Waals surface area contributed by atoms with Crippen LogP contribution in [0.2, 0.25) is 0 Å². The predicted molar refractivity (Wildman–Crippen MR) is 89.1 cm³/mol. The molecule has 0 saturated heterocycles. The lowest BCUT2D eigenvalue weighted by Gasteiger charge is -2.05. The van der Waals surface area contributed by atoms with E-state index in [4.69, 9.17) is 0 Å². The summed E-state index contributed by atoms with van der Waals surface area (Å²) in [7, 11) is 0. The molecule has 0 radical (unpaired) electrons. The normalized spacial score (nSPS) is 12.0. The Morgan fingerprint density at radius 3 is 2.45 bits per heavy atom. The second-order valence-electron chi connectivity index (χ2n) is 4.35. The first kappa shape index (κ1) is 18.4. The summed E-state index contributed by atoms with van der Waals surface area (Å²) in [6.45, 7) is 11.9. The van der Waals surface area contributed by atoms with Crippen LogP contribution in [0.5, 0.6) is 0 Å². The average molecular weight is 327 g/mol. The minimum absolute atomic E-state index is 0.368. The molecule has 120 valence electrons. The first-order valence-corrected chi connectivity index (χ1v) is 8.01. The smallest absolute Gasteiger partial charge is 0.236 e. The Morgan fingerprint density at radius 2 is 1.95 bits per heavy atom. The molecule has 0 fully saturated rings. The third-order valence-corrected chi connectivity index (χ3v) is 4.19. The van der Waals surface area contributed by atoms with Gasteiger partial charge in [0, 0.05) is 5.57 Å². The van der Waals surface area contributed by atoms with E-state index in [2.05, 4.69) is 11.6 Å². The minimum Gasteiger partial charge on any atom is -0.236 e. The largest absolute Gasteiger partial charge is 0.416 e. The van der Waals surface area contributed by atoms with Gasteiger partial charge in [-0.05, 0) is 37.1 Å². The number of thiazole rings is 1. The molecule has 0 N–H and O–H groups in total. The zero-order chi connectivity index (χ0) is 16.9. The molecule has 0 saturated carbocycles. The van der Waals surface area contributed by atoms with E-state index in [1.54, 1.807) is 0 Å². The Morgan fingerprint density at radius 1 is 1.32 bits per heavy atom. The van der Waals surface area contributed by atoms with Crippen LogP contribution >= 0.6 is 11.3 Å². The van der Waals surface area contributed by atoms with Gasteiger partial charge in [0.05, 0.1) is 15.8 Å². The Balaban J connectivity index is 0.00000116. The first-order valence-electron chi connectivity index (χ1n) is 7.19. The van der Waals surface area contributed by atoms with Crippen LogP contribution in [0.1, 0.15) is 44.7 Å². The summed E-state index contributed by atoms with van der Waals surface area (Å²) in [5, 5.41) is 0.675. The first-order chi connectivity index (χ1) is 10.4. The monoisotopic (exact) mass is 327 g/mol. The third kappa shape index (κ3) is 3.97. The number of fused-ring (bicyclic) bond motifs is 1. The number of halogens is 3. The predicted octanol–water partition coefficient (Wildman–Crippen LogP) is 6.71. The molecule has 22 heavy (non-hydrogen) atoms. The lowest BCUT2D eigenvalue weighted by atomic mass is 10.1. The fourth-order valence-corrected chi connectivity index (χ4v) is 2.91. The summed E-state index contributed by atoms with van der Waals surface area (Å²) < 4.78 is 38.7. The number of alkyl halides is 3. The van der Waals surface area contributed by atoms with Crippen LogP contribution in [-0.4, -0.2) is 4.98 Å². The van der Waals surface area contributed by atoms with Crippen molar-refractivity contribution in [3.63, 3.8) is 0 Å². The molecule has 0 bridgehead atoms. The Labute approximate surface area is 133 Å². The highest BCUT2D eigenvalue weighted by Crippen LogP contribution is 2.35. The number of benzene rings is 1. The van der Waals surface area contributed by atoms with Gasteiger partial charge < -0.3 is 0 Å². The Bertz CT molecular complexity index is 681. The van der Waals surface area contributed by atoms with Crippen molar-refractivity contribution in [2.75, 3.05) is 0 Å². The van der Waals surface area contributed by atoms with Crippen molar-refractivity contribution >= 4 is 27.1 Å². The summed E-state index contributed by atoms with van der Waals surface area (Å²) in [6.07, 6.45) is -1.57. The van der Waals surface area contributed by atoms with Gasteiger partial charge in [-0.25, -0.2) is 4.98 Å². The zero-order valence-corrected chi connectivity index (χ0v) is 14.0. The fourth-order valence-electron chi connectivity index (χ4n) is 1.96. The molecule has 1 nitrogen and oxygen atoms in total. The van der Waals surface area contributed by atoms with Crippen LogP contribution < -0.4 is 0 Å². The second kappa shape index (κ2) is 7.58. The van der Waals surface area contributed by atoms with E-state index in [9.17, 15) is 13.2 Å². The molecule has 1 heterocycles. The van der Waals surface area contributed by atoms with E-state index < -0.39 is 11.7 Å². The van der Waals surface area contributed by atoms with E-state index >= 15 is 0 Å². The number of aromatic nitrogens is 1. The maximum Gasteiger partial charge on any atom is 0.416 e. The van der Waals surface area contributed by atoms with Gasteiger partial charge in [-0.1, -0.05) is 33.4 Å². The van der Waals surface area contributed by atoms with Crippen LogP contribution in [0.15, 0.2) is 36.4 Å². The standard InChI is InChI=1S/C15H14F3NS.C2H6/c1-4-10(5-2)9(3)14-19-12-8-11(15(16,17)18)6-7-13(12)20-14;1-2/h4,6-8H,3,5H2,1-2H3;1-2H3/b10-4-;. The summed E-state index contributed by atoms with van der Waals surface area (Å²) in [5.74, 6) is 0. The number of allylic oxidation sites excluding steroid dienone is 3. The highest BCUT2D eigenvalue weighted by Gasteiger charge is 2.30. The average Bonchev–Trinajstić information content (AvgIpc) is 2.92. The van der Waals surface area contributed by atoms with Crippen molar-refractivity contribution < 1.29 is 13.2 Å². The summed E-state index contributed by atoms with van der Waals surface area (Å²) in [4.78, 5) is 4.28. The van der Waals surface area contributed by atoms with Crippen molar-refractivity contribution in [3.8, 4) is 0 Å². The van der Waals surface area contributed by atoms with Gasteiger partial charge >= 0.3 is 6.18 Å². The van der Waals surface area contributed by atoms with Crippen molar-refractivity contribution in [2.24, 2.45) is 0 Å². The lowest BCUT2D eigenvalue weighted by Crippen LogP contribution is -2.03. The molecule has 0 atom stereocenters. The zero-order valence-electron chi connectivity index (χ0n) is 13.2. The number of hydrogen-bond acceptors (Lipinski definition) is 2. The van der Waals surface area contributed by atoms with Gasteiger partial charge in [0.15, 0.2) is 0 Å². The number of rotatable bonds is 3. The second-order valence-corrected chi connectivity index (χ2v) is 5.38. The molecule has 2 rings (SSSR count). The maximum absolute atomic E-state index is 12.7. The van der Waals surface area contributed by atoms with Crippen molar-refractivity contribution in [1.82, 2.24) is 4.98 Å². The molecule has 0 aliphatic carbocycles. The summed E-state index contributed by atoms with van der Waals surface area (Å²) in [5.41, 5.74) is 1.53. The van der Waals surface area contributed by atoms with Gasteiger partial charge in [0.2, 0.25) is 0 Å². The lowest BCUT2D eigenvalue weighted by molar-refractivity contribution is -0.137. The molecule has 1 aromatic carbocycles. The molecule has 0 aliphatic heterocycles. The van der Waals surface area contributed by atoms with Gasteiger partial charge in [-0.15, -0.1) is 11.3 Å². The maximum atomic E-state index is 12.7. The molecule has 2 aromatic rings. The molecule has 0 unspecified atom stereocenters. The topological polar surface area (TPSA) is 12.9 Å². The molecule has 5 heteroatoms. The fraction of sp³-hybridized carbons (Fsp3) is 0.353. The van der Waals surface area contributed by atoms with Crippen LogP contribution in [0, 0.1) is 0 Å². The van der Waals surface area contributed by atoms with Gasteiger partial charge in [-0.2, -0.15) is 13.2 Å². The van der Waals surface area contributed by atoms with Crippen LogP contribution in [-0.2, 0) is 6.18 Å². The van der Waals surface area contributed by atoms with E-state index in [0.29, 0.717) is 10.5 Å². The SMILES string of the molecule is C=C(/C(=C\C)CC)c1nc2cc(C(F)(F)F)ccc2s1.CC. The highest BCUT2D eigenvalue weighted by molar-refractivity contribution is 7.19. The molecule has 0 amide bonds. The van der Waals surface area contributed by atoms with E-state index in [1.165, 1.54) is 17.4 Å². The highest BCUT2D eigenvalue weighted by atomic mass is 32.1. The van der Waals surface area contributed by atoms with E-state index in [1.807, 2.05) is 33.8 Å². The van der Waals surface area contributed by atoms with Crippen molar-refractivity contribution in [1.29, 1.82) is 0 Å². The minimum atomic E-state index is -4.34. The van der Waals surface area contributed by atoms with E-state index in [0.717, 1.165) is 34.4 Å². The quantitative estimate of drug-likeness (QED) is 0.571. The summed E-state index contributed by atoms with van der Waals surface area (Å²) in [6, 6.07) is 3.64. The van der Waals surface area contributed by atoms with Gasteiger partial charge in [0.1, 0.15) is 5.01 Å². The van der Waals surface area contributed by atoms with E-state index in [-0.39, 0.29) is 0 Å². The van der Waals surface area contributed by atoms with Gasteiger partial charge in [0.25, 0.3) is 0 Å². The summed E-state index contributed by atoms with van der Waals surface area (Å²) >= 11 is 1.36. The number of nitrogens with zero attached hydrogens (tertiary/aromatic N) is 1. The number of hydrogen-bond donors (Lipinski definition) is 0. The molecule has 0 spiro atoms. The Kier molecular flexibility index (Phi) is 6.35. The molecule has 1 aromatic heterocycles. The van der Waals surface area contributed by atoms with Crippen molar-refractivity contribution in [2.45, 2.75) is 40.3 Å². The van der Waals surface area contributed by atoms with Crippen LogP contribution in [0.4, 0.5) is 13.2 Å². The van der Waals surface area contributed by atoms with Crippen LogP contribution in [0.3, 0.4) is 0 Å². The Hall–Kier alpha value is -1.62. The molecular formula is C17H20F3NS. The van der Waals surface area contributed by atoms with Crippen molar-refractivity contribution in [3.05, 3.63) is 47.0 Å². The molecular weight excluding hydrogens is 307 g/mol. The van der Waals surface area contributed by atoms with Gasteiger partial charge in [-0.3, -0.25) is 0 Å². The molecule has 0 aliphatic rings. The van der Waals surface area contributed by atoms with Crippen LogP contribution in [0.25, 0.3) is 15.8 Å².